The van der Waals surface area contributed by atoms with Crippen molar-refractivity contribution in [1.82, 2.24) is 10.2 Å². The molecule has 2 saturated carbocycles. The van der Waals surface area contributed by atoms with E-state index in [4.69, 9.17) is 5.73 Å². The van der Waals surface area contributed by atoms with Gasteiger partial charge in [-0.2, -0.15) is 0 Å². The largest absolute Gasteiger partial charge is 0.353 e. The Hall–Kier alpha value is -1.39. The van der Waals surface area contributed by atoms with Crippen molar-refractivity contribution in [2.45, 2.75) is 70.0 Å². The van der Waals surface area contributed by atoms with Gasteiger partial charge in [0.2, 0.25) is 5.91 Å². The first kappa shape index (κ1) is 18.9. The Kier molecular flexibility index (Phi) is 5.84. The van der Waals surface area contributed by atoms with Crippen LogP contribution in [-0.4, -0.2) is 36.0 Å². The number of benzene rings is 1. The molecule has 0 radical (unpaired) electrons. The summed E-state index contributed by atoms with van der Waals surface area (Å²) in [6, 6.07) is 11.9. The third-order valence-corrected chi connectivity index (χ3v) is 7.49. The van der Waals surface area contributed by atoms with E-state index >= 15 is 0 Å². The summed E-state index contributed by atoms with van der Waals surface area (Å²) in [4.78, 5) is 15.4. The molecule has 2 bridgehead atoms. The van der Waals surface area contributed by atoms with Crippen LogP contribution in [0.3, 0.4) is 0 Å². The van der Waals surface area contributed by atoms with Gasteiger partial charge in [-0.25, -0.2) is 0 Å². The monoisotopic (exact) mass is 369 g/mol. The number of likely N-dealkylation sites (tertiary alicyclic amines) is 1. The number of piperidine rings is 1. The molecular weight excluding hydrogens is 334 g/mol. The maximum absolute atomic E-state index is 12.9. The van der Waals surface area contributed by atoms with E-state index in [9.17, 15) is 4.79 Å². The molecule has 1 aromatic rings. The lowest BCUT2D eigenvalue weighted by molar-refractivity contribution is -0.129. The molecule has 2 aliphatic carbocycles. The molecule has 1 aromatic carbocycles. The minimum atomic E-state index is 0.196. The Morgan fingerprint density at radius 1 is 1.07 bits per heavy atom. The van der Waals surface area contributed by atoms with Gasteiger partial charge in [-0.05, 0) is 62.8 Å². The lowest BCUT2D eigenvalue weighted by atomic mass is 9.65. The second-order valence-corrected chi connectivity index (χ2v) is 9.10. The molecule has 1 amide bonds. The predicted octanol–water partition coefficient (Wildman–Crippen LogP) is 3.48. The van der Waals surface area contributed by atoms with Gasteiger partial charge in [0.05, 0.1) is 0 Å². The SMILES string of the molecule is CC(c1ccccc1)N1CCC(NC(=O)C2CC3CCCC(C2)C3N)CC1. The van der Waals surface area contributed by atoms with Crippen LogP contribution in [0.15, 0.2) is 30.3 Å². The summed E-state index contributed by atoms with van der Waals surface area (Å²) in [6.45, 7) is 4.40. The normalized spacial score (nSPS) is 33.4. The van der Waals surface area contributed by atoms with Gasteiger partial charge >= 0.3 is 0 Å². The third kappa shape index (κ3) is 4.22. The molecule has 3 N–H and O–H groups in total. The summed E-state index contributed by atoms with van der Waals surface area (Å²) in [5.74, 6) is 1.64. The van der Waals surface area contributed by atoms with E-state index in [1.165, 1.54) is 24.8 Å². The van der Waals surface area contributed by atoms with Crippen molar-refractivity contribution in [3.05, 3.63) is 35.9 Å². The molecule has 4 rings (SSSR count). The van der Waals surface area contributed by atoms with E-state index in [1.807, 2.05) is 0 Å². The van der Waals surface area contributed by atoms with Crippen molar-refractivity contribution in [1.29, 1.82) is 0 Å². The van der Waals surface area contributed by atoms with Crippen LogP contribution >= 0.6 is 0 Å². The highest BCUT2D eigenvalue weighted by molar-refractivity contribution is 5.79. The quantitative estimate of drug-likeness (QED) is 0.854. The fourth-order valence-corrected chi connectivity index (χ4v) is 5.70. The number of amides is 1. The maximum atomic E-state index is 12.9. The molecule has 3 unspecified atom stereocenters. The summed E-state index contributed by atoms with van der Waals surface area (Å²) in [5.41, 5.74) is 7.76. The summed E-state index contributed by atoms with van der Waals surface area (Å²) >= 11 is 0. The van der Waals surface area contributed by atoms with Crippen LogP contribution in [0.5, 0.6) is 0 Å². The first-order chi connectivity index (χ1) is 13.1. The van der Waals surface area contributed by atoms with Crippen LogP contribution in [-0.2, 0) is 4.79 Å². The number of hydrogen-bond donors (Lipinski definition) is 2. The second-order valence-electron chi connectivity index (χ2n) is 9.10. The van der Waals surface area contributed by atoms with Gasteiger partial charge in [-0.15, -0.1) is 0 Å². The molecule has 1 heterocycles. The molecule has 0 aromatic heterocycles. The van der Waals surface area contributed by atoms with Gasteiger partial charge in [0.25, 0.3) is 0 Å². The van der Waals surface area contributed by atoms with Crippen molar-refractivity contribution in [3.8, 4) is 0 Å². The standard InChI is InChI=1S/C23H35N3O/c1-16(17-6-3-2-4-7-17)26-12-10-21(11-13-26)25-23(27)20-14-18-8-5-9-19(15-20)22(18)24/h2-4,6-7,16,18-22H,5,8-15,24H2,1H3,(H,25,27). The average molecular weight is 370 g/mol. The number of nitrogens with zero attached hydrogens (tertiary/aromatic N) is 1. The number of nitrogens with two attached hydrogens (primary N) is 1. The van der Waals surface area contributed by atoms with E-state index in [1.54, 1.807) is 0 Å². The Labute approximate surface area is 163 Å². The lowest BCUT2D eigenvalue weighted by Gasteiger charge is -2.44. The summed E-state index contributed by atoms with van der Waals surface area (Å²) in [7, 11) is 0. The molecule has 4 heteroatoms. The topological polar surface area (TPSA) is 58.4 Å². The van der Waals surface area contributed by atoms with E-state index in [2.05, 4.69) is 47.5 Å². The van der Waals surface area contributed by atoms with Gasteiger partial charge in [-0.3, -0.25) is 9.69 Å². The Bertz CT molecular complexity index is 612. The fraction of sp³-hybridized carbons (Fsp3) is 0.696. The zero-order valence-corrected chi connectivity index (χ0v) is 16.6. The van der Waals surface area contributed by atoms with Crippen molar-refractivity contribution < 1.29 is 4.79 Å². The zero-order valence-electron chi connectivity index (χ0n) is 16.6. The van der Waals surface area contributed by atoms with Crippen LogP contribution in [0.25, 0.3) is 0 Å². The van der Waals surface area contributed by atoms with E-state index < -0.39 is 0 Å². The molecule has 3 aliphatic rings. The molecule has 27 heavy (non-hydrogen) atoms. The van der Waals surface area contributed by atoms with Crippen LogP contribution in [0, 0.1) is 17.8 Å². The van der Waals surface area contributed by atoms with E-state index in [0.29, 0.717) is 35.9 Å². The van der Waals surface area contributed by atoms with Crippen LogP contribution in [0.4, 0.5) is 0 Å². The summed E-state index contributed by atoms with van der Waals surface area (Å²) in [5, 5.41) is 3.39. The molecule has 1 saturated heterocycles. The molecule has 148 valence electrons. The van der Waals surface area contributed by atoms with Gasteiger partial charge in [0.1, 0.15) is 0 Å². The second kappa shape index (κ2) is 8.32. The number of nitrogens with one attached hydrogen (secondary N) is 1. The summed E-state index contributed by atoms with van der Waals surface area (Å²) < 4.78 is 0. The number of carbonyl (C=O) groups is 1. The van der Waals surface area contributed by atoms with Gasteiger partial charge in [0.15, 0.2) is 0 Å². The molecule has 1 aliphatic heterocycles. The predicted molar refractivity (Wildman–Crippen MR) is 109 cm³/mol. The fourth-order valence-electron chi connectivity index (χ4n) is 5.70. The highest BCUT2D eigenvalue weighted by Crippen LogP contribution is 2.42. The Morgan fingerprint density at radius 2 is 1.70 bits per heavy atom. The minimum Gasteiger partial charge on any atom is -0.353 e. The molecule has 3 atom stereocenters. The van der Waals surface area contributed by atoms with E-state index in [0.717, 1.165) is 38.8 Å². The van der Waals surface area contributed by atoms with Crippen LogP contribution in [0.2, 0.25) is 0 Å². The highest BCUT2D eigenvalue weighted by atomic mass is 16.1. The van der Waals surface area contributed by atoms with E-state index in [-0.39, 0.29) is 5.92 Å². The highest BCUT2D eigenvalue weighted by Gasteiger charge is 2.41. The summed E-state index contributed by atoms with van der Waals surface area (Å²) in [6.07, 6.45) is 7.87. The lowest BCUT2D eigenvalue weighted by Crippen LogP contribution is -2.51. The number of carbonyl (C=O) groups excluding carboxylic acids is 1. The minimum absolute atomic E-state index is 0.196. The first-order valence-corrected chi connectivity index (χ1v) is 11.0. The first-order valence-electron chi connectivity index (χ1n) is 11.0. The molecule has 3 fully saturated rings. The van der Waals surface area contributed by atoms with Crippen molar-refractivity contribution >= 4 is 5.91 Å². The number of rotatable bonds is 4. The zero-order chi connectivity index (χ0) is 18.8. The van der Waals surface area contributed by atoms with Crippen LogP contribution in [0.1, 0.15) is 63.5 Å². The third-order valence-electron chi connectivity index (χ3n) is 7.49. The molecule has 4 nitrogen and oxygen atoms in total. The van der Waals surface area contributed by atoms with Crippen LogP contribution < -0.4 is 11.1 Å². The van der Waals surface area contributed by atoms with Crippen molar-refractivity contribution in [3.63, 3.8) is 0 Å². The molecule has 0 spiro atoms. The smallest absolute Gasteiger partial charge is 0.223 e. The van der Waals surface area contributed by atoms with Gasteiger partial charge < -0.3 is 11.1 Å². The van der Waals surface area contributed by atoms with Crippen molar-refractivity contribution in [2.24, 2.45) is 23.5 Å². The number of hydrogen-bond acceptors (Lipinski definition) is 3. The van der Waals surface area contributed by atoms with Crippen molar-refractivity contribution in [2.75, 3.05) is 13.1 Å². The average Bonchev–Trinajstić information content (AvgIpc) is 2.68. The maximum Gasteiger partial charge on any atom is 0.223 e. The Morgan fingerprint density at radius 3 is 2.33 bits per heavy atom. The molecular formula is C23H35N3O. The Balaban J connectivity index is 1.26. The number of fused-ring (bicyclic) bond motifs is 2. The van der Waals surface area contributed by atoms with Gasteiger partial charge in [-0.1, -0.05) is 36.8 Å². The van der Waals surface area contributed by atoms with Gasteiger partial charge in [0, 0.05) is 37.1 Å².